The van der Waals surface area contributed by atoms with Gasteiger partial charge in [-0.05, 0) is 32.1 Å². The molecule has 1 saturated heterocycles. The van der Waals surface area contributed by atoms with Crippen LogP contribution in [0.15, 0.2) is 10.6 Å². The standard InChI is InChI=1S/C17H27N5O4/c1-10(2)4-5-13(20-16(24)14-8-11(3)26-22-14)17(25)21-19-9-12-6-7-18-15(12)23/h8,10,12-13,19H,4-7,9H2,1-3H3,(H,18,23)(H,20,24)(H,21,25). The lowest BCUT2D eigenvalue weighted by Gasteiger charge is -2.19. The third kappa shape index (κ3) is 5.83. The fourth-order valence-corrected chi connectivity index (χ4v) is 2.66. The number of hydrogen-bond acceptors (Lipinski definition) is 6. The Morgan fingerprint density at radius 2 is 2.15 bits per heavy atom. The molecule has 2 atom stereocenters. The van der Waals surface area contributed by atoms with E-state index in [-0.39, 0.29) is 23.4 Å². The summed E-state index contributed by atoms with van der Waals surface area (Å²) in [5.74, 6) is -0.0602. The molecule has 2 heterocycles. The number of hydrazine groups is 1. The molecular weight excluding hydrogens is 338 g/mol. The van der Waals surface area contributed by atoms with Gasteiger partial charge in [-0.2, -0.15) is 0 Å². The van der Waals surface area contributed by atoms with E-state index in [0.717, 1.165) is 12.8 Å². The van der Waals surface area contributed by atoms with E-state index in [2.05, 4.69) is 40.5 Å². The van der Waals surface area contributed by atoms with Crippen LogP contribution in [-0.2, 0) is 9.59 Å². The van der Waals surface area contributed by atoms with Gasteiger partial charge in [-0.25, -0.2) is 5.43 Å². The van der Waals surface area contributed by atoms with Gasteiger partial charge in [0.05, 0.1) is 5.92 Å². The van der Waals surface area contributed by atoms with E-state index in [1.54, 1.807) is 6.92 Å². The SMILES string of the molecule is Cc1cc(C(=O)NC(CCC(C)C)C(=O)NNCC2CCNC2=O)no1. The van der Waals surface area contributed by atoms with Crippen LogP contribution in [0.5, 0.6) is 0 Å². The molecule has 2 rings (SSSR count). The molecule has 1 aromatic heterocycles. The van der Waals surface area contributed by atoms with Crippen molar-refractivity contribution in [3.63, 3.8) is 0 Å². The average molecular weight is 365 g/mol. The summed E-state index contributed by atoms with van der Waals surface area (Å²) in [7, 11) is 0. The highest BCUT2D eigenvalue weighted by Crippen LogP contribution is 2.09. The van der Waals surface area contributed by atoms with Gasteiger partial charge >= 0.3 is 0 Å². The molecule has 1 aliphatic heterocycles. The number of hydrogen-bond donors (Lipinski definition) is 4. The predicted octanol–water partition coefficient (Wildman–Crippen LogP) is 0.275. The zero-order chi connectivity index (χ0) is 19.1. The summed E-state index contributed by atoms with van der Waals surface area (Å²) in [6, 6.07) is 0.816. The Morgan fingerprint density at radius 3 is 2.73 bits per heavy atom. The fraction of sp³-hybridized carbons (Fsp3) is 0.647. The Kier molecular flexibility index (Phi) is 7.14. The Morgan fingerprint density at radius 1 is 1.38 bits per heavy atom. The monoisotopic (exact) mass is 365 g/mol. The lowest BCUT2D eigenvalue weighted by molar-refractivity contribution is -0.125. The molecule has 0 spiro atoms. The maximum Gasteiger partial charge on any atom is 0.274 e. The van der Waals surface area contributed by atoms with Crippen molar-refractivity contribution in [2.24, 2.45) is 11.8 Å². The van der Waals surface area contributed by atoms with Gasteiger partial charge in [0.2, 0.25) is 5.91 Å². The molecule has 2 unspecified atom stereocenters. The molecule has 26 heavy (non-hydrogen) atoms. The van der Waals surface area contributed by atoms with E-state index >= 15 is 0 Å². The van der Waals surface area contributed by atoms with Crippen LogP contribution in [-0.4, -0.2) is 42.0 Å². The first-order valence-corrected chi connectivity index (χ1v) is 8.91. The lowest BCUT2D eigenvalue weighted by atomic mass is 10.0. The number of nitrogens with one attached hydrogen (secondary N) is 4. The third-order valence-electron chi connectivity index (χ3n) is 4.24. The summed E-state index contributed by atoms with van der Waals surface area (Å²) in [4.78, 5) is 36.2. The molecule has 0 aliphatic carbocycles. The van der Waals surface area contributed by atoms with Crippen LogP contribution in [0.2, 0.25) is 0 Å². The minimum Gasteiger partial charge on any atom is -0.361 e. The summed E-state index contributed by atoms with van der Waals surface area (Å²) < 4.78 is 4.90. The third-order valence-corrected chi connectivity index (χ3v) is 4.24. The maximum absolute atomic E-state index is 12.5. The molecular formula is C17H27N5O4. The minimum atomic E-state index is -0.702. The maximum atomic E-state index is 12.5. The van der Waals surface area contributed by atoms with Crippen LogP contribution in [0.4, 0.5) is 0 Å². The summed E-state index contributed by atoms with van der Waals surface area (Å²) in [5, 5.41) is 9.11. The second-order valence-corrected chi connectivity index (χ2v) is 6.97. The molecule has 0 saturated carbocycles. The summed E-state index contributed by atoms with van der Waals surface area (Å²) >= 11 is 0. The quantitative estimate of drug-likeness (QED) is 0.466. The van der Waals surface area contributed by atoms with Crippen LogP contribution in [0.3, 0.4) is 0 Å². The van der Waals surface area contributed by atoms with Crippen LogP contribution >= 0.6 is 0 Å². The van der Waals surface area contributed by atoms with Gasteiger partial charge in [0.15, 0.2) is 5.69 Å². The molecule has 1 aromatic rings. The number of nitrogens with zero attached hydrogens (tertiary/aromatic N) is 1. The zero-order valence-corrected chi connectivity index (χ0v) is 15.4. The van der Waals surface area contributed by atoms with Crippen molar-refractivity contribution in [3.8, 4) is 0 Å². The molecule has 1 aliphatic rings. The zero-order valence-electron chi connectivity index (χ0n) is 15.4. The van der Waals surface area contributed by atoms with E-state index < -0.39 is 11.9 Å². The van der Waals surface area contributed by atoms with Gasteiger partial charge < -0.3 is 15.2 Å². The van der Waals surface area contributed by atoms with Gasteiger partial charge in [0, 0.05) is 19.2 Å². The van der Waals surface area contributed by atoms with Crippen molar-refractivity contribution in [2.75, 3.05) is 13.1 Å². The van der Waals surface area contributed by atoms with Gasteiger partial charge in [-0.1, -0.05) is 19.0 Å². The average Bonchev–Trinajstić information content (AvgIpc) is 3.19. The number of rotatable bonds is 9. The van der Waals surface area contributed by atoms with Crippen LogP contribution in [0, 0.1) is 18.8 Å². The van der Waals surface area contributed by atoms with E-state index in [1.807, 2.05) is 0 Å². The molecule has 4 N–H and O–H groups in total. The van der Waals surface area contributed by atoms with Gasteiger partial charge in [-0.3, -0.25) is 19.8 Å². The summed E-state index contributed by atoms with van der Waals surface area (Å²) in [5.41, 5.74) is 5.52. The van der Waals surface area contributed by atoms with Crippen molar-refractivity contribution in [3.05, 3.63) is 17.5 Å². The minimum absolute atomic E-state index is 0.0159. The predicted molar refractivity (Wildman–Crippen MR) is 93.8 cm³/mol. The van der Waals surface area contributed by atoms with Gasteiger partial charge in [-0.15, -0.1) is 0 Å². The normalized spacial score (nSPS) is 17.8. The van der Waals surface area contributed by atoms with Gasteiger partial charge in [0.1, 0.15) is 11.8 Å². The van der Waals surface area contributed by atoms with E-state index in [1.165, 1.54) is 6.07 Å². The molecule has 0 aromatic carbocycles. The highest BCUT2D eigenvalue weighted by Gasteiger charge is 2.26. The molecule has 0 bridgehead atoms. The second kappa shape index (κ2) is 9.33. The number of aromatic nitrogens is 1. The Hall–Kier alpha value is -2.42. The molecule has 3 amide bonds. The topological polar surface area (TPSA) is 125 Å². The molecule has 9 nitrogen and oxygen atoms in total. The highest BCUT2D eigenvalue weighted by molar-refractivity contribution is 5.96. The van der Waals surface area contributed by atoms with Crippen LogP contribution in [0.25, 0.3) is 0 Å². The molecule has 0 radical (unpaired) electrons. The summed E-state index contributed by atoms with van der Waals surface area (Å²) in [6.45, 7) is 6.80. The first-order valence-electron chi connectivity index (χ1n) is 8.91. The van der Waals surface area contributed by atoms with Crippen LogP contribution < -0.4 is 21.5 Å². The van der Waals surface area contributed by atoms with Crippen LogP contribution in [0.1, 0.15) is 49.4 Å². The van der Waals surface area contributed by atoms with Crippen molar-refractivity contribution in [2.45, 2.75) is 46.1 Å². The second-order valence-electron chi connectivity index (χ2n) is 6.97. The molecule has 9 heteroatoms. The van der Waals surface area contributed by atoms with Crippen molar-refractivity contribution in [1.82, 2.24) is 26.6 Å². The van der Waals surface area contributed by atoms with Crippen molar-refractivity contribution in [1.29, 1.82) is 0 Å². The van der Waals surface area contributed by atoms with Crippen molar-refractivity contribution < 1.29 is 18.9 Å². The number of carbonyl (C=O) groups excluding carboxylic acids is 3. The Bertz CT molecular complexity index is 643. The first kappa shape index (κ1) is 19.9. The number of carbonyl (C=O) groups is 3. The number of amides is 3. The van der Waals surface area contributed by atoms with E-state index in [4.69, 9.17) is 4.52 Å². The Balaban J connectivity index is 1.88. The highest BCUT2D eigenvalue weighted by atomic mass is 16.5. The van der Waals surface area contributed by atoms with Crippen molar-refractivity contribution >= 4 is 17.7 Å². The van der Waals surface area contributed by atoms with E-state index in [0.29, 0.717) is 31.2 Å². The first-order chi connectivity index (χ1) is 12.4. The summed E-state index contributed by atoms with van der Waals surface area (Å²) in [6.07, 6.45) is 2.01. The molecule has 1 fully saturated rings. The lowest BCUT2D eigenvalue weighted by Crippen LogP contribution is -2.52. The Labute approximate surface area is 152 Å². The molecule has 144 valence electrons. The smallest absolute Gasteiger partial charge is 0.274 e. The fourth-order valence-electron chi connectivity index (χ4n) is 2.66. The van der Waals surface area contributed by atoms with E-state index in [9.17, 15) is 14.4 Å². The van der Waals surface area contributed by atoms with Gasteiger partial charge in [0.25, 0.3) is 11.8 Å². The largest absolute Gasteiger partial charge is 0.361 e. The number of aryl methyl sites for hydroxylation is 1.